The Hall–Kier alpha value is -2.15. The molecule has 128 valence electrons. The van der Waals surface area contributed by atoms with Crippen LogP contribution in [0.3, 0.4) is 0 Å². The lowest BCUT2D eigenvalue weighted by molar-refractivity contribution is 0.568. The number of aromatic nitrogens is 1. The highest BCUT2D eigenvalue weighted by atomic mass is 35.5. The molecule has 0 amide bonds. The standard InChI is InChI=1S/C17H11Cl2FN2O2S/c18-14-6-2-1-5-13(14)12-9-10-17(21-11-12)22(19)25(23,24)16-8-4-3-7-15(16)20/h1-11H. The molecule has 0 spiro atoms. The minimum Gasteiger partial charge on any atom is -0.236 e. The van der Waals surface area contributed by atoms with Gasteiger partial charge in [0.25, 0.3) is 10.0 Å². The Morgan fingerprint density at radius 1 is 0.960 bits per heavy atom. The lowest BCUT2D eigenvalue weighted by Gasteiger charge is -2.16. The molecule has 0 aliphatic heterocycles. The number of hydrogen-bond acceptors (Lipinski definition) is 3. The van der Waals surface area contributed by atoms with Crippen molar-refractivity contribution in [2.45, 2.75) is 4.90 Å². The van der Waals surface area contributed by atoms with Gasteiger partial charge in [-0.05, 0) is 30.3 Å². The van der Waals surface area contributed by atoms with Crippen LogP contribution in [0.15, 0.2) is 71.8 Å². The SMILES string of the molecule is O=S(=O)(c1ccccc1F)N(Cl)c1ccc(-c2ccccc2Cl)cn1. The van der Waals surface area contributed by atoms with Crippen molar-refractivity contribution in [3.63, 3.8) is 0 Å². The summed E-state index contributed by atoms with van der Waals surface area (Å²) in [6.45, 7) is 0. The Balaban J connectivity index is 1.95. The number of benzene rings is 2. The summed E-state index contributed by atoms with van der Waals surface area (Å²) in [6.07, 6.45) is 1.45. The highest BCUT2D eigenvalue weighted by molar-refractivity contribution is 7.94. The molecule has 25 heavy (non-hydrogen) atoms. The van der Waals surface area contributed by atoms with Gasteiger partial charge < -0.3 is 0 Å². The molecule has 0 atom stereocenters. The normalized spacial score (nSPS) is 11.3. The number of nitrogens with zero attached hydrogens (tertiary/aromatic N) is 2. The first-order valence-corrected chi connectivity index (χ1v) is 9.23. The second kappa shape index (κ2) is 7.00. The molecule has 0 radical (unpaired) electrons. The van der Waals surface area contributed by atoms with Crippen LogP contribution >= 0.6 is 23.4 Å². The van der Waals surface area contributed by atoms with Crippen molar-refractivity contribution in [1.82, 2.24) is 4.98 Å². The first kappa shape index (κ1) is 17.7. The van der Waals surface area contributed by atoms with E-state index in [1.54, 1.807) is 18.2 Å². The fraction of sp³-hybridized carbons (Fsp3) is 0. The summed E-state index contributed by atoms with van der Waals surface area (Å²) in [6, 6.07) is 15.2. The number of halogens is 3. The van der Waals surface area contributed by atoms with Gasteiger partial charge in [-0.2, -0.15) is 12.2 Å². The molecule has 4 nitrogen and oxygen atoms in total. The highest BCUT2D eigenvalue weighted by Crippen LogP contribution is 2.30. The van der Waals surface area contributed by atoms with Gasteiger partial charge in [-0.15, -0.1) is 0 Å². The van der Waals surface area contributed by atoms with Gasteiger partial charge in [-0.3, -0.25) is 0 Å². The molecule has 3 aromatic rings. The van der Waals surface area contributed by atoms with Crippen molar-refractivity contribution in [2.24, 2.45) is 0 Å². The molecule has 1 heterocycles. The third kappa shape index (κ3) is 3.46. The molecule has 0 bridgehead atoms. The average Bonchev–Trinajstić information content (AvgIpc) is 2.62. The fourth-order valence-electron chi connectivity index (χ4n) is 2.21. The predicted molar refractivity (Wildman–Crippen MR) is 96.6 cm³/mol. The van der Waals surface area contributed by atoms with E-state index in [0.29, 0.717) is 14.4 Å². The number of anilines is 1. The van der Waals surface area contributed by atoms with Crippen LogP contribution in [0.5, 0.6) is 0 Å². The Kier molecular flexibility index (Phi) is 4.94. The molecular formula is C17H11Cl2FN2O2S. The van der Waals surface area contributed by atoms with Crippen molar-refractivity contribution >= 4 is 39.2 Å². The fourth-order valence-corrected chi connectivity index (χ4v) is 3.87. The zero-order valence-corrected chi connectivity index (χ0v) is 14.9. The largest absolute Gasteiger partial charge is 0.282 e. The molecule has 3 rings (SSSR count). The molecule has 8 heteroatoms. The van der Waals surface area contributed by atoms with E-state index in [2.05, 4.69) is 4.98 Å². The maximum atomic E-state index is 13.8. The average molecular weight is 397 g/mol. The number of hydrogen-bond donors (Lipinski definition) is 0. The van der Waals surface area contributed by atoms with Gasteiger partial charge in [0.2, 0.25) is 0 Å². The molecule has 0 saturated carbocycles. The van der Waals surface area contributed by atoms with E-state index < -0.39 is 20.7 Å². The smallest absolute Gasteiger partial charge is 0.236 e. The van der Waals surface area contributed by atoms with Gasteiger partial charge in [0, 0.05) is 34.1 Å². The molecule has 0 aliphatic rings. The molecule has 0 fully saturated rings. The Bertz CT molecular complexity index is 1010. The zero-order chi connectivity index (χ0) is 18.0. The minimum atomic E-state index is -4.27. The number of sulfonamides is 1. The second-order valence-electron chi connectivity index (χ2n) is 5.04. The van der Waals surface area contributed by atoms with E-state index in [1.165, 1.54) is 24.4 Å². The van der Waals surface area contributed by atoms with E-state index in [-0.39, 0.29) is 5.82 Å². The number of rotatable bonds is 4. The maximum absolute atomic E-state index is 13.8. The molecule has 2 aromatic carbocycles. The molecular weight excluding hydrogens is 386 g/mol. The molecule has 0 N–H and O–H groups in total. The molecule has 0 unspecified atom stereocenters. The Morgan fingerprint density at radius 3 is 2.28 bits per heavy atom. The van der Waals surface area contributed by atoms with Crippen LogP contribution in [-0.4, -0.2) is 13.4 Å². The first-order chi connectivity index (χ1) is 11.9. The van der Waals surface area contributed by atoms with Crippen molar-refractivity contribution in [3.8, 4) is 11.1 Å². The minimum absolute atomic E-state index is 0.0549. The summed E-state index contributed by atoms with van der Waals surface area (Å²) < 4.78 is 39.1. The predicted octanol–water partition coefficient (Wildman–Crippen LogP) is 4.89. The van der Waals surface area contributed by atoms with E-state index in [4.69, 9.17) is 23.4 Å². The number of pyridine rings is 1. The van der Waals surface area contributed by atoms with Crippen molar-refractivity contribution < 1.29 is 12.8 Å². The van der Waals surface area contributed by atoms with Crippen LogP contribution in [0, 0.1) is 5.82 Å². The first-order valence-electron chi connectivity index (χ1n) is 7.08. The third-order valence-electron chi connectivity index (χ3n) is 3.44. The van der Waals surface area contributed by atoms with Crippen LogP contribution in [0.2, 0.25) is 5.02 Å². The van der Waals surface area contributed by atoms with Crippen LogP contribution in [0.25, 0.3) is 11.1 Å². The lowest BCUT2D eigenvalue weighted by Crippen LogP contribution is -2.23. The summed E-state index contributed by atoms with van der Waals surface area (Å²) >= 11 is 12.1. The quantitative estimate of drug-likeness (QED) is 0.589. The van der Waals surface area contributed by atoms with E-state index in [0.717, 1.165) is 17.7 Å². The topological polar surface area (TPSA) is 50.3 Å². The van der Waals surface area contributed by atoms with Crippen molar-refractivity contribution in [1.29, 1.82) is 0 Å². The Labute approximate surface area is 154 Å². The van der Waals surface area contributed by atoms with Gasteiger partial charge >= 0.3 is 0 Å². The maximum Gasteiger partial charge on any atom is 0.282 e. The summed E-state index contributed by atoms with van der Waals surface area (Å²) in [5.41, 5.74) is 1.45. The summed E-state index contributed by atoms with van der Waals surface area (Å²) in [5.74, 6) is -0.943. The van der Waals surface area contributed by atoms with E-state index in [9.17, 15) is 12.8 Å². The Morgan fingerprint density at radius 2 is 1.64 bits per heavy atom. The molecule has 0 saturated heterocycles. The van der Waals surface area contributed by atoms with Crippen LogP contribution in [-0.2, 0) is 10.0 Å². The van der Waals surface area contributed by atoms with Gasteiger partial charge in [0.05, 0.1) is 0 Å². The van der Waals surface area contributed by atoms with E-state index in [1.807, 2.05) is 12.1 Å². The molecule has 1 aromatic heterocycles. The van der Waals surface area contributed by atoms with Gasteiger partial charge in [-0.25, -0.2) is 9.37 Å². The third-order valence-corrected chi connectivity index (χ3v) is 5.98. The van der Waals surface area contributed by atoms with Gasteiger partial charge in [0.15, 0.2) is 5.82 Å². The van der Waals surface area contributed by atoms with Crippen LogP contribution in [0.4, 0.5) is 10.2 Å². The summed E-state index contributed by atoms with van der Waals surface area (Å²) in [5, 5.41) is 0.541. The van der Waals surface area contributed by atoms with Crippen LogP contribution in [0.1, 0.15) is 0 Å². The molecule has 0 aliphatic carbocycles. The second-order valence-corrected chi connectivity index (χ2v) is 7.74. The van der Waals surface area contributed by atoms with Crippen LogP contribution < -0.4 is 3.82 Å². The van der Waals surface area contributed by atoms with Gasteiger partial charge in [-0.1, -0.05) is 41.9 Å². The summed E-state index contributed by atoms with van der Waals surface area (Å²) in [7, 11) is -4.27. The van der Waals surface area contributed by atoms with Crippen molar-refractivity contribution in [3.05, 3.63) is 77.7 Å². The summed E-state index contributed by atoms with van der Waals surface area (Å²) in [4.78, 5) is 3.53. The van der Waals surface area contributed by atoms with Gasteiger partial charge in [0.1, 0.15) is 10.7 Å². The monoisotopic (exact) mass is 396 g/mol. The highest BCUT2D eigenvalue weighted by Gasteiger charge is 2.27. The lowest BCUT2D eigenvalue weighted by atomic mass is 10.1. The van der Waals surface area contributed by atoms with Crippen molar-refractivity contribution in [2.75, 3.05) is 3.82 Å². The zero-order valence-electron chi connectivity index (χ0n) is 12.6. The van der Waals surface area contributed by atoms with E-state index >= 15 is 0 Å².